The Bertz CT molecular complexity index is 599. The maximum atomic E-state index is 12.5. The quantitative estimate of drug-likeness (QED) is 0.824. The maximum absolute atomic E-state index is 12.5. The smallest absolute Gasteiger partial charge is 0.228 e. The Labute approximate surface area is 150 Å². The minimum Gasteiger partial charge on any atom is -0.494 e. The molecule has 5 nitrogen and oxygen atoms in total. The Morgan fingerprint density at radius 2 is 1.64 bits per heavy atom. The van der Waals surface area contributed by atoms with Crippen LogP contribution in [0, 0.1) is 5.41 Å². The van der Waals surface area contributed by atoms with E-state index < -0.39 is 0 Å². The average molecular weight is 346 g/mol. The van der Waals surface area contributed by atoms with Gasteiger partial charge < -0.3 is 14.5 Å². The van der Waals surface area contributed by atoms with Gasteiger partial charge >= 0.3 is 0 Å². The normalized spacial score (nSPS) is 15.2. The van der Waals surface area contributed by atoms with Gasteiger partial charge in [0.05, 0.1) is 6.61 Å². The fraction of sp³-hybridized carbons (Fsp3) is 0.600. The Morgan fingerprint density at radius 1 is 1.04 bits per heavy atom. The number of hydrogen-bond acceptors (Lipinski definition) is 3. The van der Waals surface area contributed by atoms with Gasteiger partial charge in [-0.3, -0.25) is 9.59 Å². The van der Waals surface area contributed by atoms with Crippen molar-refractivity contribution in [3.05, 3.63) is 29.8 Å². The second-order valence-corrected chi connectivity index (χ2v) is 7.46. The highest BCUT2D eigenvalue weighted by molar-refractivity contribution is 5.82. The zero-order chi connectivity index (χ0) is 18.4. The number of hydrogen-bond donors (Lipinski definition) is 0. The molecule has 0 radical (unpaired) electrons. The molecule has 1 aromatic rings. The SMILES string of the molecule is CCOc1ccccc1CCC(=O)N1CCN(C(=O)C(C)(C)C)CC1. The molecule has 1 aliphatic rings. The molecule has 0 aromatic heterocycles. The second kappa shape index (κ2) is 8.37. The number of ether oxygens (including phenoxy) is 1. The molecular weight excluding hydrogens is 316 g/mol. The second-order valence-electron chi connectivity index (χ2n) is 7.46. The minimum atomic E-state index is -0.366. The number of rotatable bonds is 5. The predicted octanol–water partition coefficient (Wildman–Crippen LogP) is 2.73. The Balaban J connectivity index is 1.84. The van der Waals surface area contributed by atoms with Gasteiger partial charge in [-0.05, 0) is 25.0 Å². The van der Waals surface area contributed by atoms with Crippen molar-refractivity contribution in [1.82, 2.24) is 9.80 Å². The molecule has 0 bridgehead atoms. The van der Waals surface area contributed by atoms with Crippen molar-refractivity contribution >= 4 is 11.8 Å². The molecule has 25 heavy (non-hydrogen) atoms. The van der Waals surface area contributed by atoms with Crippen LogP contribution < -0.4 is 4.74 Å². The summed E-state index contributed by atoms with van der Waals surface area (Å²) in [6, 6.07) is 7.87. The number of amides is 2. The number of para-hydroxylation sites is 1. The van der Waals surface area contributed by atoms with Gasteiger partial charge in [0.25, 0.3) is 0 Å². The van der Waals surface area contributed by atoms with Gasteiger partial charge in [0.1, 0.15) is 5.75 Å². The van der Waals surface area contributed by atoms with E-state index in [1.807, 2.05) is 61.8 Å². The minimum absolute atomic E-state index is 0.147. The molecule has 1 saturated heterocycles. The monoisotopic (exact) mass is 346 g/mol. The number of carbonyl (C=O) groups excluding carboxylic acids is 2. The highest BCUT2D eigenvalue weighted by Gasteiger charge is 2.30. The van der Waals surface area contributed by atoms with Crippen LogP contribution >= 0.6 is 0 Å². The molecule has 1 aliphatic heterocycles. The fourth-order valence-corrected chi connectivity index (χ4v) is 3.04. The molecule has 5 heteroatoms. The zero-order valence-corrected chi connectivity index (χ0v) is 15.9. The van der Waals surface area contributed by atoms with E-state index in [0.717, 1.165) is 11.3 Å². The molecule has 1 heterocycles. The van der Waals surface area contributed by atoms with E-state index in [1.165, 1.54) is 0 Å². The Morgan fingerprint density at radius 3 is 2.24 bits per heavy atom. The lowest BCUT2D eigenvalue weighted by atomic mass is 9.94. The molecule has 0 N–H and O–H groups in total. The third-order valence-electron chi connectivity index (χ3n) is 4.44. The summed E-state index contributed by atoms with van der Waals surface area (Å²) >= 11 is 0. The van der Waals surface area contributed by atoms with Crippen LogP contribution in [-0.4, -0.2) is 54.4 Å². The van der Waals surface area contributed by atoms with Gasteiger partial charge in [-0.25, -0.2) is 0 Å². The van der Waals surface area contributed by atoms with Crippen molar-refractivity contribution < 1.29 is 14.3 Å². The summed E-state index contributed by atoms with van der Waals surface area (Å²) < 4.78 is 5.62. The molecule has 2 amide bonds. The highest BCUT2D eigenvalue weighted by atomic mass is 16.5. The number of aryl methyl sites for hydroxylation is 1. The van der Waals surface area contributed by atoms with Gasteiger partial charge in [-0.15, -0.1) is 0 Å². The lowest BCUT2D eigenvalue weighted by Crippen LogP contribution is -2.53. The van der Waals surface area contributed by atoms with E-state index in [0.29, 0.717) is 45.6 Å². The summed E-state index contributed by atoms with van der Waals surface area (Å²) in [5, 5.41) is 0. The van der Waals surface area contributed by atoms with Gasteiger partial charge in [0, 0.05) is 38.0 Å². The lowest BCUT2D eigenvalue weighted by Gasteiger charge is -2.37. The van der Waals surface area contributed by atoms with E-state index in [4.69, 9.17) is 4.74 Å². The summed E-state index contributed by atoms with van der Waals surface area (Å²) in [6.07, 6.45) is 1.15. The highest BCUT2D eigenvalue weighted by Crippen LogP contribution is 2.21. The molecule has 0 spiro atoms. The van der Waals surface area contributed by atoms with Crippen molar-refractivity contribution in [1.29, 1.82) is 0 Å². The lowest BCUT2D eigenvalue weighted by molar-refractivity contribution is -0.144. The third kappa shape index (κ3) is 5.21. The number of benzene rings is 1. The maximum Gasteiger partial charge on any atom is 0.228 e. The average Bonchev–Trinajstić information content (AvgIpc) is 2.59. The molecule has 0 atom stereocenters. The molecule has 0 aliphatic carbocycles. The predicted molar refractivity (Wildman–Crippen MR) is 98.5 cm³/mol. The van der Waals surface area contributed by atoms with E-state index in [2.05, 4.69) is 0 Å². The Hall–Kier alpha value is -2.04. The van der Waals surface area contributed by atoms with Crippen molar-refractivity contribution in [2.24, 2.45) is 5.41 Å². The summed E-state index contributed by atoms with van der Waals surface area (Å²) in [5.41, 5.74) is 0.703. The van der Waals surface area contributed by atoms with Crippen LogP contribution in [0.1, 0.15) is 39.7 Å². The summed E-state index contributed by atoms with van der Waals surface area (Å²) in [4.78, 5) is 28.6. The van der Waals surface area contributed by atoms with Gasteiger partial charge in [0.15, 0.2) is 0 Å². The topological polar surface area (TPSA) is 49.9 Å². The molecule has 1 fully saturated rings. The van der Waals surface area contributed by atoms with Crippen LogP contribution in [0.3, 0.4) is 0 Å². The number of piperazine rings is 1. The summed E-state index contributed by atoms with van der Waals surface area (Å²) in [7, 11) is 0. The molecule has 0 saturated carbocycles. The van der Waals surface area contributed by atoms with Crippen LogP contribution in [0.4, 0.5) is 0 Å². The van der Waals surface area contributed by atoms with Gasteiger partial charge in [-0.1, -0.05) is 39.0 Å². The number of carbonyl (C=O) groups is 2. The van der Waals surface area contributed by atoms with Crippen molar-refractivity contribution in [2.75, 3.05) is 32.8 Å². The largest absolute Gasteiger partial charge is 0.494 e. The van der Waals surface area contributed by atoms with Crippen molar-refractivity contribution in [3.8, 4) is 5.75 Å². The first kappa shape index (κ1) is 19.3. The van der Waals surface area contributed by atoms with Crippen molar-refractivity contribution in [2.45, 2.75) is 40.5 Å². The third-order valence-corrected chi connectivity index (χ3v) is 4.44. The van der Waals surface area contributed by atoms with Crippen LogP contribution in [0.5, 0.6) is 5.75 Å². The molecule has 1 aromatic carbocycles. The molecular formula is C20H30N2O3. The summed E-state index contributed by atoms with van der Waals surface area (Å²) in [5.74, 6) is 1.16. The van der Waals surface area contributed by atoms with Crippen LogP contribution in [0.2, 0.25) is 0 Å². The van der Waals surface area contributed by atoms with E-state index in [1.54, 1.807) is 0 Å². The molecule has 138 valence electrons. The van der Waals surface area contributed by atoms with Crippen LogP contribution in [-0.2, 0) is 16.0 Å². The van der Waals surface area contributed by atoms with Gasteiger partial charge in [0.2, 0.25) is 11.8 Å². The van der Waals surface area contributed by atoms with Gasteiger partial charge in [-0.2, -0.15) is 0 Å². The molecule has 0 unspecified atom stereocenters. The van der Waals surface area contributed by atoms with Crippen LogP contribution in [0.25, 0.3) is 0 Å². The van der Waals surface area contributed by atoms with E-state index >= 15 is 0 Å². The number of nitrogens with zero attached hydrogens (tertiary/aromatic N) is 2. The zero-order valence-electron chi connectivity index (χ0n) is 15.9. The van der Waals surface area contributed by atoms with Crippen LogP contribution in [0.15, 0.2) is 24.3 Å². The van der Waals surface area contributed by atoms with E-state index in [9.17, 15) is 9.59 Å². The standard InChI is InChI=1S/C20H30N2O3/c1-5-25-17-9-7-6-8-16(17)10-11-18(23)21-12-14-22(15-13-21)19(24)20(2,3)4/h6-9H,5,10-15H2,1-4H3. The summed E-state index contributed by atoms with van der Waals surface area (Å²) in [6.45, 7) is 10.9. The first-order valence-electron chi connectivity index (χ1n) is 9.10. The molecule has 2 rings (SSSR count). The fourth-order valence-electron chi connectivity index (χ4n) is 3.04. The van der Waals surface area contributed by atoms with Crippen molar-refractivity contribution in [3.63, 3.8) is 0 Å². The Kier molecular flexibility index (Phi) is 6.45. The first-order valence-corrected chi connectivity index (χ1v) is 9.10. The first-order chi connectivity index (χ1) is 11.8. The van der Waals surface area contributed by atoms with E-state index in [-0.39, 0.29) is 17.2 Å².